The van der Waals surface area contributed by atoms with E-state index in [1.165, 1.54) is 4.90 Å². The average molecular weight is 494 g/mol. The Morgan fingerprint density at radius 3 is 2.57 bits per heavy atom. The number of carbonyl (C=O) groups is 2. The minimum absolute atomic E-state index is 0.194. The van der Waals surface area contributed by atoms with Crippen molar-refractivity contribution >= 4 is 34.2 Å². The van der Waals surface area contributed by atoms with E-state index >= 15 is 0 Å². The summed E-state index contributed by atoms with van der Waals surface area (Å²) >= 11 is 0. The molecule has 35 heavy (non-hydrogen) atoms. The van der Waals surface area contributed by atoms with Gasteiger partial charge < -0.3 is 29.9 Å². The van der Waals surface area contributed by atoms with E-state index < -0.39 is 47.8 Å². The first-order valence-electron chi connectivity index (χ1n) is 10.8. The molecule has 4 rings (SSSR count). The number of rotatable bonds is 5. The van der Waals surface area contributed by atoms with Gasteiger partial charge in [-0.05, 0) is 38.0 Å². The number of urea groups is 1. The highest BCUT2D eigenvalue weighted by Gasteiger charge is 2.36. The van der Waals surface area contributed by atoms with Crippen LogP contribution in [0.15, 0.2) is 48.7 Å². The molecule has 0 bridgehead atoms. The van der Waals surface area contributed by atoms with E-state index in [9.17, 15) is 32.3 Å². The lowest BCUT2D eigenvalue weighted by Gasteiger charge is -2.24. The first-order chi connectivity index (χ1) is 16.5. The largest absolute Gasteiger partial charge is 0.573 e. The maximum Gasteiger partial charge on any atom is 0.573 e. The van der Waals surface area contributed by atoms with Crippen molar-refractivity contribution in [1.29, 1.82) is 0 Å². The molecule has 3 aromatic rings. The second-order valence-electron chi connectivity index (χ2n) is 8.04. The fourth-order valence-corrected chi connectivity index (χ4v) is 4.11. The predicted octanol–water partition coefficient (Wildman–Crippen LogP) is 4.82. The maximum absolute atomic E-state index is 14.4. The number of aromatic nitrogens is 1. The van der Waals surface area contributed by atoms with Crippen LogP contribution >= 0.6 is 0 Å². The number of para-hydroxylation sites is 1. The van der Waals surface area contributed by atoms with Crippen molar-refractivity contribution in [2.45, 2.75) is 38.4 Å². The molecule has 1 saturated heterocycles. The summed E-state index contributed by atoms with van der Waals surface area (Å²) in [7, 11) is 0. The van der Waals surface area contributed by atoms with Gasteiger partial charge in [0.1, 0.15) is 12.3 Å². The summed E-state index contributed by atoms with van der Waals surface area (Å²) in [5, 5.41) is 15.7. The van der Waals surface area contributed by atoms with Crippen LogP contribution in [0, 0.1) is 5.82 Å². The van der Waals surface area contributed by atoms with Crippen molar-refractivity contribution in [3.05, 3.63) is 54.5 Å². The molecule has 2 aromatic carbocycles. The first kappa shape index (κ1) is 24.3. The topological polar surface area (TPSA) is 95.8 Å². The molecule has 1 unspecified atom stereocenters. The maximum atomic E-state index is 14.4. The molecule has 1 fully saturated rings. The SMILES string of the molecule is CC(O)n1cc(NC(=O)[C@H]2CCCN2C(=O)Nc2cccc(OC(F)(F)F)c2F)c2ccccc21. The molecule has 186 valence electrons. The van der Waals surface area contributed by atoms with E-state index in [1.807, 2.05) is 0 Å². The van der Waals surface area contributed by atoms with Crippen LogP contribution in [-0.4, -0.2) is 45.5 Å². The van der Waals surface area contributed by atoms with Gasteiger partial charge in [-0.25, -0.2) is 9.18 Å². The van der Waals surface area contributed by atoms with Gasteiger partial charge in [-0.15, -0.1) is 13.2 Å². The third kappa shape index (κ3) is 5.16. The molecule has 2 atom stereocenters. The fourth-order valence-electron chi connectivity index (χ4n) is 4.11. The number of benzene rings is 2. The number of amides is 3. The number of hydrogen-bond acceptors (Lipinski definition) is 4. The van der Waals surface area contributed by atoms with Gasteiger partial charge in [-0.1, -0.05) is 24.3 Å². The van der Waals surface area contributed by atoms with Gasteiger partial charge in [0.15, 0.2) is 11.6 Å². The number of anilines is 2. The molecule has 0 radical (unpaired) electrons. The number of aliphatic hydroxyl groups excluding tert-OH is 1. The zero-order valence-electron chi connectivity index (χ0n) is 18.5. The second-order valence-corrected chi connectivity index (χ2v) is 8.04. The Bertz CT molecular complexity index is 1260. The summed E-state index contributed by atoms with van der Waals surface area (Å²) in [6.07, 6.45) is -3.51. The monoisotopic (exact) mass is 494 g/mol. The Kier molecular flexibility index (Phi) is 6.57. The van der Waals surface area contributed by atoms with E-state index in [2.05, 4.69) is 15.4 Å². The normalized spacial score (nSPS) is 16.9. The van der Waals surface area contributed by atoms with Gasteiger partial charge >= 0.3 is 12.4 Å². The number of hydrogen-bond donors (Lipinski definition) is 3. The number of nitrogens with zero attached hydrogens (tertiary/aromatic N) is 2. The predicted molar refractivity (Wildman–Crippen MR) is 119 cm³/mol. The molecule has 1 aliphatic rings. The van der Waals surface area contributed by atoms with Crippen LogP contribution in [0.2, 0.25) is 0 Å². The Morgan fingerprint density at radius 1 is 1.11 bits per heavy atom. The molecule has 0 aliphatic carbocycles. The zero-order valence-corrected chi connectivity index (χ0v) is 18.5. The van der Waals surface area contributed by atoms with Crippen molar-refractivity contribution in [3.63, 3.8) is 0 Å². The van der Waals surface area contributed by atoms with Crippen molar-refractivity contribution in [1.82, 2.24) is 9.47 Å². The van der Waals surface area contributed by atoms with Gasteiger partial charge in [0.25, 0.3) is 0 Å². The molecular weight excluding hydrogens is 472 g/mol. The first-order valence-corrected chi connectivity index (χ1v) is 10.8. The summed E-state index contributed by atoms with van der Waals surface area (Å²) in [5.74, 6) is -2.95. The fraction of sp³-hybridized carbons (Fsp3) is 0.304. The molecule has 0 spiro atoms. The Labute approximate surface area is 197 Å². The molecule has 3 amide bonds. The highest BCUT2D eigenvalue weighted by atomic mass is 19.4. The molecule has 3 N–H and O–H groups in total. The van der Waals surface area contributed by atoms with Crippen molar-refractivity contribution in [2.24, 2.45) is 0 Å². The van der Waals surface area contributed by atoms with E-state index in [0.717, 1.165) is 18.2 Å². The number of likely N-dealkylation sites (tertiary alicyclic amines) is 1. The van der Waals surface area contributed by atoms with Crippen LogP contribution < -0.4 is 15.4 Å². The third-order valence-electron chi connectivity index (χ3n) is 5.65. The molecular formula is C23H22F4N4O4. The Morgan fingerprint density at radius 2 is 1.86 bits per heavy atom. The number of carbonyl (C=O) groups excluding carboxylic acids is 2. The second kappa shape index (κ2) is 9.45. The molecule has 0 saturated carbocycles. The smallest absolute Gasteiger partial charge is 0.403 e. The number of aliphatic hydroxyl groups is 1. The van der Waals surface area contributed by atoms with Crippen LogP contribution in [0.4, 0.5) is 33.7 Å². The van der Waals surface area contributed by atoms with Gasteiger partial charge in [0.2, 0.25) is 5.91 Å². The van der Waals surface area contributed by atoms with Crippen LogP contribution in [0.25, 0.3) is 10.9 Å². The minimum atomic E-state index is -5.10. The number of nitrogens with one attached hydrogen (secondary N) is 2. The summed E-state index contributed by atoms with van der Waals surface area (Å²) in [4.78, 5) is 27.1. The lowest BCUT2D eigenvalue weighted by atomic mass is 10.2. The standard InChI is InChI=1S/C23H22F4N4O4/c1-13(32)31-12-16(14-6-2-3-8-17(14)31)28-21(33)18-9-5-11-30(18)22(34)29-15-7-4-10-19(20(15)24)35-23(25,26)27/h2-4,6-8,10,12-13,18,32H,5,9,11H2,1H3,(H,28,33)(H,29,34)/t13?,18-/m1/s1. The van der Waals surface area contributed by atoms with Crippen molar-refractivity contribution in [2.75, 3.05) is 17.2 Å². The van der Waals surface area contributed by atoms with Crippen molar-refractivity contribution in [3.8, 4) is 5.75 Å². The van der Waals surface area contributed by atoms with E-state index in [0.29, 0.717) is 29.4 Å². The van der Waals surface area contributed by atoms with E-state index in [4.69, 9.17) is 0 Å². The Hall–Kier alpha value is -3.80. The highest BCUT2D eigenvalue weighted by Crippen LogP contribution is 2.31. The average Bonchev–Trinajstić information content (AvgIpc) is 3.41. The highest BCUT2D eigenvalue weighted by molar-refractivity contribution is 6.05. The Balaban J connectivity index is 1.50. The van der Waals surface area contributed by atoms with Gasteiger partial charge in [0.05, 0.1) is 16.9 Å². The van der Waals surface area contributed by atoms with E-state index in [-0.39, 0.29) is 6.54 Å². The van der Waals surface area contributed by atoms with Crippen LogP contribution in [0.3, 0.4) is 0 Å². The lowest BCUT2D eigenvalue weighted by Crippen LogP contribution is -2.45. The minimum Gasteiger partial charge on any atom is -0.403 e. The zero-order chi connectivity index (χ0) is 25.3. The van der Waals surface area contributed by atoms with Gasteiger partial charge in [-0.2, -0.15) is 0 Å². The number of fused-ring (bicyclic) bond motifs is 1. The quantitative estimate of drug-likeness (QED) is 0.443. The molecule has 12 heteroatoms. The molecule has 1 aliphatic heterocycles. The lowest BCUT2D eigenvalue weighted by molar-refractivity contribution is -0.275. The third-order valence-corrected chi connectivity index (χ3v) is 5.65. The van der Waals surface area contributed by atoms with Crippen molar-refractivity contribution < 1.29 is 37.0 Å². The number of halogens is 4. The van der Waals surface area contributed by atoms with Gasteiger partial charge in [-0.3, -0.25) is 4.79 Å². The molecule has 8 nitrogen and oxygen atoms in total. The van der Waals surface area contributed by atoms with Crippen LogP contribution in [0.1, 0.15) is 26.0 Å². The summed E-state index contributed by atoms with van der Waals surface area (Å²) < 4.78 is 57.1. The molecule has 1 aromatic heterocycles. The van der Waals surface area contributed by atoms with E-state index in [1.54, 1.807) is 42.0 Å². The van der Waals surface area contributed by atoms with Crippen LogP contribution in [0.5, 0.6) is 5.75 Å². The molecule has 2 heterocycles. The number of ether oxygens (including phenoxy) is 1. The summed E-state index contributed by atoms with van der Waals surface area (Å²) in [5.41, 5.74) is 0.639. The number of alkyl halides is 3. The van der Waals surface area contributed by atoms with Gasteiger partial charge in [0, 0.05) is 18.1 Å². The summed E-state index contributed by atoms with van der Waals surface area (Å²) in [6.45, 7) is 1.77. The summed E-state index contributed by atoms with van der Waals surface area (Å²) in [6, 6.07) is 8.40. The van der Waals surface area contributed by atoms with Crippen LogP contribution in [-0.2, 0) is 4.79 Å².